The summed E-state index contributed by atoms with van der Waals surface area (Å²) in [5.74, 6) is -1.23. The summed E-state index contributed by atoms with van der Waals surface area (Å²) in [4.78, 5) is 0. The Labute approximate surface area is 177 Å². The summed E-state index contributed by atoms with van der Waals surface area (Å²) >= 11 is 0. The highest BCUT2D eigenvalue weighted by atomic mass is 16.6. The third-order valence-electron chi connectivity index (χ3n) is 6.03. The fourth-order valence-corrected chi connectivity index (χ4v) is 4.20. The van der Waals surface area contributed by atoms with Crippen LogP contribution in [0.25, 0.3) is 0 Å². The molecule has 10 heteroatoms. The topological polar surface area (TPSA) is 158 Å². The van der Waals surface area contributed by atoms with Gasteiger partial charge in [0.15, 0.2) is 0 Å². The molecular formula is C20H38O10. The van der Waals surface area contributed by atoms with Crippen molar-refractivity contribution in [1.82, 2.24) is 0 Å². The van der Waals surface area contributed by atoms with Crippen LogP contribution < -0.4 is 0 Å². The molecule has 2 fully saturated rings. The van der Waals surface area contributed by atoms with Gasteiger partial charge in [-0.2, -0.15) is 0 Å². The van der Waals surface area contributed by atoms with Gasteiger partial charge in [0, 0.05) is 18.4 Å². The lowest BCUT2D eigenvalue weighted by Gasteiger charge is -2.44. The maximum Gasteiger partial charge on any atom is 0.110 e. The lowest BCUT2D eigenvalue weighted by molar-refractivity contribution is -0.239. The van der Waals surface area contributed by atoms with Crippen molar-refractivity contribution in [1.29, 1.82) is 0 Å². The first-order chi connectivity index (χ1) is 14.4. The largest absolute Gasteiger partial charge is 0.394 e. The van der Waals surface area contributed by atoms with Crippen LogP contribution >= 0.6 is 0 Å². The highest BCUT2D eigenvalue weighted by Crippen LogP contribution is 2.30. The van der Waals surface area contributed by atoms with Crippen LogP contribution in [0.1, 0.15) is 26.7 Å². The van der Waals surface area contributed by atoms with Crippen LogP contribution in [0.4, 0.5) is 0 Å². The number of aliphatic hydroxyl groups excluding tert-OH is 6. The Hall–Kier alpha value is -0.400. The number of aliphatic hydroxyl groups is 6. The van der Waals surface area contributed by atoms with Crippen molar-refractivity contribution >= 4 is 0 Å². The summed E-state index contributed by atoms with van der Waals surface area (Å²) in [6.07, 6.45) is -6.12. The van der Waals surface area contributed by atoms with E-state index in [0.717, 1.165) is 6.42 Å². The minimum atomic E-state index is -1.24. The average molecular weight is 439 g/mol. The molecule has 0 aromatic heterocycles. The third kappa shape index (κ3) is 6.10. The van der Waals surface area contributed by atoms with Crippen molar-refractivity contribution in [2.45, 2.75) is 75.5 Å². The lowest BCUT2D eigenvalue weighted by atomic mass is 9.86. The van der Waals surface area contributed by atoms with E-state index in [1.54, 1.807) is 0 Å². The summed E-state index contributed by atoms with van der Waals surface area (Å²) in [7, 11) is 0. The van der Waals surface area contributed by atoms with Crippen LogP contribution in [-0.2, 0) is 18.9 Å². The normalized spacial score (nSPS) is 42.4. The van der Waals surface area contributed by atoms with E-state index in [0.29, 0.717) is 13.0 Å². The second-order valence-electron chi connectivity index (χ2n) is 8.07. The van der Waals surface area contributed by atoms with Crippen LogP contribution in [0.3, 0.4) is 0 Å². The van der Waals surface area contributed by atoms with E-state index in [2.05, 4.69) is 0 Å². The van der Waals surface area contributed by atoms with Crippen molar-refractivity contribution < 1.29 is 49.6 Å². The molecular weight excluding hydrogens is 400 g/mol. The summed E-state index contributed by atoms with van der Waals surface area (Å²) in [6, 6.07) is 0. The number of hydrogen-bond donors (Lipinski definition) is 6. The second kappa shape index (κ2) is 12.6. The Morgan fingerprint density at radius 2 is 1.13 bits per heavy atom. The van der Waals surface area contributed by atoms with Gasteiger partial charge in [-0.15, -0.1) is 0 Å². The zero-order valence-electron chi connectivity index (χ0n) is 17.7. The van der Waals surface area contributed by atoms with Gasteiger partial charge in [-0.05, 0) is 13.3 Å². The molecule has 6 N–H and O–H groups in total. The minimum absolute atomic E-state index is 0.0445. The van der Waals surface area contributed by atoms with Gasteiger partial charge < -0.3 is 49.6 Å². The Bertz CT molecular complexity index is 477. The molecule has 2 heterocycles. The van der Waals surface area contributed by atoms with Gasteiger partial charge in [-0.1, -0.05) is 13.3 Å². The van der Waals surface area contributed by atoms with Gasteiger partial charge in [0.25, 0.3) is 0 Å². The molecule has 10 atom stereocenters. The predicted octanol–water partition coefficient (Wildman–Crippen LogP) is -1.96. The standard InChI is InChI=1S/C20H38O10/c1-3-5-13-19(25)17(23)12(14(6-21)29-13)9-28-10-16-20(26)18(24)11(8-27-4-2)15(7-22)30-16/h11-26H,3-10H2,1-2H3. The highest BCUT2D eigenvalue weighted by molar-refractivity contribution is 4.93. The van der Waals surface area contributed by atoms with Crippen molar-refractivity contribution in [3.05, 3.63) is 0 Å². The molecule has 2 saturated heterocycles. The van der Waals surface area contributed by atoms with Crippen molar-refractivity contribution in [3.63, 3.8) is 0 Å². The maximum atomic E-state index is 10.5. The zero-order chi connectivity index (χ0) is 22.3. The van der Waals surface area contributed by atoms with E-state index in [-0.39, 0.29) is 33.0 Å². The summed E-state index contributed by atoms with van der Waals surface area (Å²) in [6.45, 7) is 3.51. The molecule has 0 aromatic carbocycles. The van der Waals surface area contributed by atoms with Crippen molar-refractivity contribution in [2.75, 3.05) is 39.6 Å². The lowest BCUT2D eigenvalue weighted by Crippen LogP contribution is -2.59. The predicted molar refractivity (Wildman–Crippen MR) is 105 cm³/mol. The van der Waals surface area contributed by atoms with Crippen LogP contribution in [0.15, 0.2) is 0 Å². The van der Waals surface area contributed by atoms with Crippen LogP contribution in [0.5, 0.6) is 0 Å². The molecule has 2 aliphatic rings. The minimum Gasteiger partial charge on any atom is -0.394 e. The van der Waals surface area contributed by atoms with Gasteiger partial charge in [-0.3, -0.25) is 0 Å². The average Bonchev–Trinajstić information content (AvgIpc) is 2.75. The number of rotatable bonds is 11. The van der Waals surface area contributed by atoms with E-state index in [9.17, 15) is 30.6 Å². The smallest absolute Gasteiger partial charge is 0.110 e. The van der Waals surface area contributed by atoms with E-state index in [1.807, 2.05) is 13.8 Å². The SMILES string of the molecule is CCCC1OC(CO)C(COCC2OC(CO)C(COCC)C(O)C2O)C(O)C1O. The van der Waals surface area contributed by atoms with Crippen LogP contribution in [-0.4, -0.2) is 119 Å². The Balaban J connectivity index is 1.91. The molecule has 0 aromatic rings. The van der Waals surface area contributed by atoms with E-state index in [4.69, 9.17) is 18.9 Å². The molecule has 10 nitrogen and oxygen atoms in total. The van der Waals surface area contributed by atoms with Gasteiger partial charge >= 0.3 is 0 Å². The first kappa shape index (κ1) is 25.9. The fraction of sp³-hybridized carbons (Fsp3) is 1.00. The zero-order valence-corrected chi connectivity index (χ0v) is 17.7. The third-order valence-corrected chi connectivity index (χ3v) is 6.03. The second-order valence-corrected chi connectivity index (χ2v) is 8.07. The monoisotopic (exact) mass is 438 g/mol. The van der Waals surface area contributed by atoms with E-state index >= 15 is 0 Å². The first-order valence-electron chi connectivity index (χ1n) is 10.8. The Morgan fingerprint density at radius 1 is 0.633 bits per heavy atom. The molecule has 178 valence electrons. The molecule has 0 aliphatic carbocycles. The molecule has 0 saturated carbocycles. The summed E-state index contributed by atoms with van der Waals surface area (Å²) < 4.78 is 22.4. The Kier molecular flexibility index (Phi) is 10.9. The molecule has 0 radical (unpaired) electrons. The molecule has 2 aliphatic heterocycles. The van der Waals surface area contributed by atoms with Crippen molar-refractivity contribution in [3.8, 4) is 0 Å². The maximum absolute atomic E-state index is 10.5. The quantitative estimate of drug-likeness (QED) is 0.214. The van der Waals surface area contributed by atoms with Gasteiger partial charge in [-0.25, -0.2) is 0 Å². The molecule has 0 bridgehead atoms. The van der Waals surface area contributed by atoms with E-state index < -0.39 is 60.7 Å². The highest BCUT2D eigenvalue weighted by Gasteiger charge is 2.46. The molecule has 10 unspecified atom stereocenters. The Morgan fingerprint density at radius 3 is 1.63 bits per heavy atom. The van der Waals surface area contributed by atoms with Gasteiger partial charge in [0.1, 0.15) is 18.3 Å². The van der Waals surface area contributed by atoms with Gasteiger partial charge in [0.05, 0.1) is 63.6 Å². The van der Waals surface area contributed by atoms with E-state index in [1.165, 1.54) is 0 Å². The summed E-state index contributed by atoms with van der Waals surface area (Å²) in [5.41, 5.74) is 0. The number of hydrogen-bond acceptors (Lipinski definition) is 10. The molecule has 0 amide bonds. The molecule has 30 heavy (non-hydrogen) atoms. The fourth-order valence-electron chi connectivity index (χ4n) is 4.20. The van der Waals surface area contributed by atoms with Gasteiger partial charge in [0.2, 0.25) is 0 Å². The van der Waals surface area contributed by atoms with Crippen LogP contribution in [0, 0.1) is 11.8 Å². The first-order valence-corrected chi connectivity index (χ1v) is 10.8. The van der Waals surface area contributed by atoms with Crippen LogP contribution in [0.2, 0.25) is 0 Å². The molecule has 2 rings (SSSR count). The summed E-state index contributed by atoms with van der Waals surface area (Å²) in [5, 5.41) is 60.8. The van der Waals surface area contributed by atoms with Crippen molar-refractivity contribution in [2.24, 2.45) is 11.8 Å². The number of ether oxygens (including phenoxy) is 4. The molecule has 0 spiro atoms.